The Labute approximate surface area is 208 Å². The molecule has 182 valence electrons. The Morgan fingerprint density at radius 1 is 1.06 bits per heavy atom. The van der Waals surface area contributed by atoms with Crippen LogP contribution in [0.2, 0.25) is 0 Å². The summed E-state index contributed by atoms with van der Waals surface area (Å²) in [6.07, 6.45) is 2.88. The number of aromatic carboxylic acids is 1. The number of benzene rings is 2. The number of nitrogens with zero attached hydrogens (tertiary/aromatic N) is 2. The van der Waals surface area contributed by atoms with Gasteiger partial charge in [0.15, 0.2) is 5.69 Å². The summed E-state index contributed by atoms with van der Waals surface area (Å²) in [6, 6.07) is 14.8. The predicted octanol–water partition coefficient (Wildman–Crippen LogP) is 3.97. The van der Waals surface area contributed by atoms with Gasteiger partial charge in [-0.15, -0.1) is 0 Å². The summed E-state index contributed by atoms with van der Waals surface area (Å²) >= 11 is 0. The Balaban J connectivity index is 1.70. The number of sulfonamides is 1. The van der Waals surface area contributed by atoms with E-state index < -0.39 is 16.0 Å². The molecule has 4 aromatic rings. The van der Waals surface area contributed by atoms with E-state index >= 15 is 0 Å². The van der Waals surface area contributed by atoms with Gasteiger partial charge in [0, 0.05) is 36.0 Å². The fourth-order valence-electron chi connectivity index (χ4n) is 3.53. The molecule has 0 unspecified atom stereocenters. The van der Waals surface area contributed by atoms with Gasteiger partial charge in [0.2, 0.25) is 0 Å². The summed E-state index contributed by atoms with van der Waals surface area (Å²) in [5.41, 5.74) is 1.67. The summed E-state index contributed by atoms with van der Waals surface area (Å²) in [7, 11) is -2.44. The van der Waals surface area contributed by atoms with Gasteiger partial charge >= 0.3 is 5.97 Å². The highest BCUT2D eigenvalue weighted by molar-refractivity contribution is 7.93. The Bertz CT molecular complexity index is 1620. The Morgan fingerprint density at radius 2 is 1.86 bits per heavy atom. The first-order valence-corrected chi connectivity index (χ1v) is 12.4. The molecule has 3 N–H and O–H groups in total. The van der Waals surface area contributed by atoms with E-state index in [9.17, 15) is 18.3 Å². The van der Waals surface area contributed by atoms with Gasteiger partial charge < -0.3 is 15.2 Å². The molecular formula is C26H22N4O5S. The van der Waals surface area contributed by atoms with E-state index in [1.807, 2.05) is 6.92 Å². The molecule has 0 aliphatic rings. The van der Waals surface area contributed by atoms with Crippen molar-refractivity contribution in [2.45, 2.75) is 11.8 Å². The van der Waals surface area contributed by atoms with E-state index in [0.717, 1.165) is 0 Å². The second-order valence-electron chi connectivity index (χ2n) is 7.47. The van der Waals surface area contributed by atoms with Crippen LogP contribution in [0.1, 0.15) is 28.5 Å². The minimum absolute atomic E-state index is 0.0106. The summed E-state index contributed by atoms with van der Waals surface area (Å²) in [5, 5.41) is 12.6. The highest BCUT2D eigenvalue weighted by Gasteiger charge is 2.21. The van der Waals surface area contributed by atoms with E-state index in [4.69, 9.17) is 4.74 Å². The molecule has 0 radical (unpaired) electrons. The molecule has 0 amide bonds. The highest BCUT2D eigenvalue weighted by Crippen LogP contribution is 2.31. The van der Waals surface area contributed by atoms with E-state index in [2.05, 4.69) is 31.8 Å². The number of anilines is 2. The van der Waals surface area contributed by atoms with Crippen LogP contribution in [0.25, 0.3) is 10.9 Å². The number of fused-ring (bicyclic) bond motifs is 1. The summed E-state index contributed by atoms with van der Waals surface area (Å²) in [6.45, 7) is 2.28. The number of ether oxygens (including phenoxy) is 1. The first-order chi connectivity index (χ1) is 17.3. The maximum Gasteiger partial charge on any atom is 0.356 e. The van der Waals surface area contributed by atoms with Crippen LogP contribution in [0, 0.1) is 11.8 Å². The van der Waals surface area contributed by atoms with Crippen molar-refractivity contribution in [1.29, 1.82) is 0 Å². The number of hydrogen-bond donors (Lipinski definition) is 3. The maximum absolute atomic E-state index is 13.4. The van der Waals surface area contributed by atoms with Crippen molar-refractivity contribution < 1.29 is 23.1 Å². The van der Waals surface area contributed by atoms with Crippen molar-refractivity contribution in [2.75, 3.05) is 23.7 Å². The number of aromatic nitrogens is 2. The van der Waals surface area contributed by atoms with Crippen LogP contribution >= 0.6 is 0 Å². The molecule has 0 saturated carbocycles. The molecule has 2 aromatic heterocycles. The maximum atomic E-state index is 13.4. The first kappa shape index (κ1) is 24.5. The van der Waals surface area contributed by atoms with Gasteiger partial charge in [-0.05, 0) is 49.4 Å². The first-order valence-electron chi connectivity index (χ1n) is 10.9. The van der Waals surface area contributed by atoms with E-state index in [0.29, 0.717) is 40.1 Å². The average Bonchev–Trinajstić information content (AvgIpc) is 2.88. The van der Waals surface area contributed by atoms with Crippen LogP contribution in [0.15, 0.2) is 71.9 Å². The summed E-state index contributed by atoms with van der Waals surface area (Å²) in [4.78, 5) is 19.5. The third-order valence-electron chi connectivity index (χ3n) is 5.15. The summed E-state index contributed by atoms with van der Waals surface area (Å²) < 4.78 is 35.0. The van der Waals surface area contributed by atoms with Crippen molar-refractivity contribution in [3.05, 3.63) is 83.8 Å². The van der Waals surface area contributed by atoms with Crippen molar-refractivity contribution in [2.24, 2.45) is 0 Å². The lowest BCUT2D eigenvalue weighted by atomic mass is 10.1. The molecule has 9 nitrogen and oxygen atoms in total. The number of pyridine rings is 2. The molecule has 0 saturated heterocycles. The smallest absolute Gasteiger partial charge is 0.356 e. The minimum Gasteiger partial charge on any atom is -0.493 e. The monoisotopic (exact) mass is 502 g/mol. The molecule has 36 heavy (non-hydrogen) atoms. The van der Waals surface area contributed by atoms with Gasteiger partial charge in [-0.1, -0.05) is 24.0 Å². The van der Waals surface area contributed by atoms with Gasteiger partial charge in [0.05, 0.1) is 23.5 Å². The van der Waals surface area contributed by atoms with Gasteiger partial charge in [-0.25, -0.2) is 18.2 Å². The van der Waals surface area contributed by atoms with Crippen LogP contribution in [0.5, 0.6) is 5.75 Å². The molecule has 0 bridgehead atoms. The van der Waals surface area contributed by atoms with E-state index in [1.54, 1.807) is 55.6 Å². The number of para-hydroxylation sites is 1. The van der Waals surface area contributed by atoms with Crippen LogP contribution in [-0.4, -0.2) is 43.1 Å². The average molecular weight is 503 g/mol. The third kappa shape index (κ3) is 5.06. The lowest BCUT2D eigenvalue weighted by Gasteiger charge is -2.13. The van der Waals surface area contributed by atoms with Crippen LogP contribution in [0.3, 0.4) is 0 Å². The molecule has 0 fully saturated rings. The number of carboxylic acid groups (broad SMARTS) is 1. The number of hydrogen-bond acceptors (Lipinski definition) is 7. The molecule has 2 heterocycles. The normalized spacial score (nSPS) is 10.8. The minimum atomic E-state index is -4.03. The Kier molecular flexibility index (Phi) is 7.03. The van der Waals surface area contributed by atoms with Crippen molar-refractivity contribution in [1.82, 2.24) is 9.97 Å². The zero-order chi connectivity index (χ0) is 25.7. The molecule has 4 rings (SSSR count). The Hall–Kier alpha value is -4.62. The molecule has 0 aliphatic carbocycles. The van der Waals surface area contributed by atoms with Crippen LogP contribution < -0.4 is 14.8 Å². The Morgan fingerprint density at radius 3 is 2.61 bits per heavy atom. The van der Waals surface area contributed by atoms with Crippen molar-refractivity contribution in [3.63, 3.8) is 0 Å². The second kappa shape index (κ2) is 10.3. The lowest BCUT2D eigenvalue weighted by molar-refractivity contribution is 0.0691. The number of carbonyl (C=O) groups is 1. The van der Waals surface area contributed by atoms with Crippen LogP contribution in [0.4, 0.5) is 11.4 Å². The SMILES string of the molecule is CCOc1ccc(S(=O)(=O)Nc2ccccc2C#Cc2cnc(C(=O)O)c(NC)c2)c2ncccc12. The largest absolute Gasteiger partial charge is 0.493 e. The molecule has 0 aliphatic heterocycles. The van der Waals surface area contributed by atoms with E-state index in [1.165, 1.54) is 18.5 Å². The van der Waals surface area contributed by atoms with Gasteiger partial charge in [-0.2, -0.15) is 0 Å². The quantitative estimate of drug-likeness (QED) is 0.324. The standard InChI is InChI=1S/C26H22N4O5S/c1-3-35-22-12-13-23(24-19(22)8-6-14-28-24)36(33,34)30-20-9-5-4-7-18(20)11-10-17-15-21(27-2)25(26(31)32)29-16-17/h4-9,12-16,27,30H,3H2,1-2H3,(H,31,32). The fourth-order valence-corrected chi connectivity index (χ4v) is 4.78. The molecule has 10 heteroatoms. The van der Waals surface area contributed by atoms with Crippen molar-refractivity contribution >= 4 is 38.3 Å². The topological polar surface area (TPSA) is 131 Å². The third-order valence-corrected chi connectivity index (χ3v) is 6.55. The van der Waals surface area contributed by atoms with Gasteiger partial charge in [0.1, 0.15) is 10.6 Å². The lowest BCUT2D eigenvalue weighted by Crippen LogP contribution is -2.15. The van der Waals surface area contributed by atoms with Crippen LogP contribution in [-0.2, 0) is 10.0 Å². The van der Waals surface area contributed by atoms with Crippen molar-refractivity contribution in [3.8, 4) is 17.6 Å². The zero-order valence-corrected chi connectivity index (χ0v) is 20.3. The molecule has 0 atom stereocenters. The number of nitrogens with one attached hydrogen (secondary N) is 2. The van der Waals surface area contributed by atoms with E-state index in [-0.39, 0.29) is 16.3 Å². The van der Waals surface area contributed by atoms with Gasteiger partial charge in [-0.3, -0.25) is 9.71 Å². The number of rotatable bonds is 7. The number of carboxylic acids is 1. The predicted molar refractivity (Wildman–Crippen MR) is 137 cm³/mol. The molecular weight excluding hydrogens is 480 g/mol. The molecule has 2 aromatic carbocycles. The molecule has 0 spiro atoms. The summed E-state index contributed by atoms with van der Waals surface area (Å²) in [5.74, 6) is 5.24. The zero-order valence-electron chi connectivity index (χ0n) is 19.4. The highest BCUT2D eigenvalue weighted by atomic mass is 32.2. The second-order valence-corrected chi connectivity index (χ2v) is 9.12. The fraction of sp³-hybridized carbons (Fsp3) is 0.115. The van der Waals surface area contributed by atoms with Gasteiger partial charge in [0.25, 0.3) is 10.0 Å².